The monoisotopic (exact) mass is 399 g/mol. The molecule has 3 N–H and O–H groups in total. The minimum atomic E-state index is -0.638. The number of nitrogens with two attached hydrogens (primary N) is 1. The maximum atomic E-state index is 14.2. The largest absolute Gasteiger partial charge is 0.453 e. The van der Waals surface area contributed by atoms with Gasteiger partial charge in [0.05, 0.1) is 12.1 Å². The van der Waals surface area contributed by atoms with E-state index >= 15 is 0 Å². The molecule has 0 spiro atoms. The third-order valence-corrected chi connectivity index (χ3v) is 4.14. The second kappa shape index (κ2) is 8.06. The molecule has 0 aliphatic rings. The molecule has 0 aliphatic carbocycles. The van der Waals surface area contributed by atoms with E-state index in [1.165, 1.54) is 43.6 Å². The van der Waals surface area contributed by atoms with E-state index in [4.69, 9.17) is 17.3 Å². The van der Waals surface area contributed by atoms with Crippen molar-refractivity contribution in [2.75, 3.05) is 18.2 Å². The highest BCUT2D eigenvalue weighted by atomic mass is 35.5. The smallest absolute Gasteiger partial charge is 0.411 e. The van der Waals surface area contributed by atoms with Gasteiger partial charge in [-0.2, -0.15) is 0 Å². The molecule has 28 heavy (non-hydrogen) atoms. The third kappa shape index (κ3) is 4.27. The molecule has 3 aromatic rings. The van der Waals surface area contributed by atoms with Gasteiger partial charge < -0.3 is 10.5 Å². The zero-order chi connectivity index (χ0) is 20.3. The Morgan fingerprint density at radius 1 is 1.14 bits per heavy atom. The zero-order valence-corrected chi connectivity index (χ0v) is 15.5. The number of pyridine rings is 1. The highest BCUT2D eigenvalue weighted by molar-refractivity contribution is 6.30. The molecule has 0 bridgehead atoms. The van der Waals surface area contributed by atoms with Gasteiger partial charge in [0.2, 0.25) is 5.78 Å². The molecule has 8 heteroatoms. The number of nitrogens with one attached hydrogen (secondary N) is 1. The molecular formula is C20H15ClFN3O3. The first-order chi connectivity index (χ1) is 13.4. The van der Waals surface area contributed by atoms with Gasteiger partial charge in [-0.15, -0.1) is 0 Å². The van der Waals surface area contributed by atoms with Crippen LogP contribution in [-0.2, 0) is 4.74 Å². The van der Waals surface area contributed by atoms with Crippen LogP contribution >= 0.6 is 11.6 Å². The van der Waals surface area contributed by atoms with Gasteiger partial charge >= 0.3 is 6.09 Å². The first kappa shape index (κ1) is 19.3. The fourth-order valence-corrected chi connectivity index (χ4v) is 2.72. The van der Waals surface area contributed by atoms with E-state index in [2.05, 4.69) is 15.0 Å². The Labute approximate surface area is 165 Å². The maximum Gasteiger partial charge on any atom is 0.411 e. The highest BCUT2D eigenvalue weighted by Gasteiger charge is 2.15. The van der Waals surface area contributed by atoms with Crippen LogP contribution in [0.25, 0.3) is 11.1 Å². The lowest BCUT2D eigenvalue weighted by Crippen LogP contribution is -2.11. The van der Waals surface area contributed by atoms with Gasteiger partial charge in [0.1, 0.15) is 11.5 Å². The summed E-state index contributed by atoms with van der Waals surface area (Å²) in [6, 6.07) is 11.7. The number of nitrogen functional groups attached to an aromatic ring is 1. The summed E-state index contributed by atoms with van der Waals surface area (Å²) in [5.41, 5.74) is 7.96. The summed E-state index contributed by atoms with van der Waals surface area (Å²) in [4.78, 5) is 27.9. The van der Waals surface area contributed by atoms with Gasteiger partial charge in [0.15, 0.2) is 0 Å². The van der Waals surface area contributed by atoms with E-state index < -0.39 is 17.7 Å². The normalized spacial score (nSPS) is 10.4. The van der Waals surface area contributed by atoms with Gasteiger partial charge in [0.25, 0.3) is 0 Å². The average molecular weight is 400 g/mol. The molecule has 1 aromatic heterocycles. The van der Waals surface area contributed by atoms with Crippen LogP contribution in [0.4, 0.5) is 20.6 Å². The van der Waals surface area contributed by atoms with Crippen LogP contribution in [0.2, 0.25) is 5.02 Å². The number of amides is 1. The van der Waals surface area contributed by atoms with Crippen molar-refractivity contribution in [2.24, 2.45) is 0 Å². The number of ether oxygens (including phenoxy) is 1. The van der Waals surface area contributed by atoms with Crippen LogP contribution in [0.5, 0.6) is 0 Å². The minimum absolute atomic E-state index is 0.126. The summed E-state index contributed by atoms with van der Waals surface area (Å²) in [5, 5.41) is 2.88. The number of nitrogens with zero attached hydrogens (tertiary/aromatic N) is 1. The lowest BCUT2D eigenvalue weighted by molar-refractivity contribution is 0.103. The van der Waals surface area contributed by atoms with Crippen molar-refractivity contribution < 1.29 is 18.7 Å². The summed E-state index contributed by atoms with van der Waals surface area (Å²) < 4.78 is 18.7. The Balaban J connectivity index is 1.96. The van der Waals surface area contributed by atoms with Crippen LogP contribution in [0.15, 0.2) is 54.7 Å². The number of ketones is 1. The van der Waals surface area contributed by atoms with Gasteiger partial charge in [0, 0.05) is 28.7 Å². The molecule has 2 aromatic carbocycles. The third-order valence-electron chi connectivity index (χ3n) is 3.91. The molecule has 142 valence electrons. The quantitative estimate of drug-likeness (QED) is 0.496. The van der Waals surface area contributed by atoms with Crippen molar-refractivity contribution in [1.82, 2.24) is 4.98 Å². The fourth-order valence-electron chi connectivity index (χ4n) is 2.61. The second-order valence-corrected chi connectivity index (χ2v) is 6.27. The zero-order valence-electron chi connectivity index (χ0n) is 14.7. The Bertz CT molecular complexity index is 1060. The van der Waals surface area contributed by atoms with Gasteiger partial charge in [-0.05, 0) is 48.0 Å². The predicted molar refractivity (Wildman–Crippen MR) is 105 cm³/mol. The Morgan fingerprint density at radius 2 is 1.93 bits per heavy atom. The van der Waals surface area contributed by atoms with Gasteiger partial charge in [-0.1, -0.05) is 17.7 Å². The summed E-state index contributed by atoms with van der Waals surface area (Å²) in [6.07, 6.45) is 0.710. The predicted octanol–water partition coefficient (Wildman–Crippen LogP) is 4.53. The molecule has 0 atom stereocenters. The number of halogens is 2. The van der Waals surface area contributed by atoms with Crippen LogP contribution in [0.3, 0.4) is 0 Å². The van der Waals surface area contributed by atoms with E-state index in [0.29, 0.717) is 27.5 Å². The Kier molecular flexibility index (Phi) is 5.56. The van der Waals surface area contributed by atoms with Crippen molar-refractivity contribution in [3.8, 4) is 11.1 Å². The summed E-state index contributed by atoms with van der Waals surface area (Å²) >= 11 is 5.78. The number of hydrogen-bond acceptors (Lipinski definition) is 5. The molecule has 3 rings (SSSR count). The number of benzene rings is 2. The molecule has 0 fully saturated rings. The lowest BCUT2D eigenvalue weighted by atomic mass is 9.98. The lowest BCUT2D eigenvalue weighted by Gasteiger charge is -2.11. The number of carbonyl (C=O) groups is 2. The fraction of sp³-hybridized carbons (Fsp3) is 0.0500. The number of carbonyl (C=O) groups excluding carboxylic acids is 2. The van der Waals surface area contributed by atoms with Crippen molar-refractivity contribution in [1.29, 1.82) is 0 Å². The standard InChI is InChI=1S/C20H15ClFN3O3/c1-28-20(27)25-15-3-4-16(17(23)9-15)11-6-12(8-14(22)7-11)19(26)18-5-2-13(21)10-24-18/h2-10H,23H2,1H3,(H,25,27). The molecule has 0 unspecified atom stereocenters. The van der Waals surface area contributed by atoms with Gasteiger partial charge in [-0.3, -0.25) is 15.1 Å². The van der Waals surface area contributed by atoms with E-state index in [9.17, 15) is 14.0 Å². The first-order valence-electron chi connectivity index (χ1n) is 8.09. The number of methoxy groups -OCH3 is 1. The van der Waals surface area contributed by atoms with E-state index in [1.54, 1.807) is 12.1 Å². The van der Waals surface area contributed by atoms with Crippen molar-refractivity contribution >= 4 is 34.9 Å². The molecular weight excluding hydrogens is 385 g/mol. The first-order valence-corrected chi connectivity index (χ1v) is 8.47. The molecule has 1 amide bonds. The van der Waals surface area contributed by atoms with Crippen LogP contribution in [0, 0.1) is 5.82 Å². The van der Waals surface area contributed by atoms with E-state index in [0.717, 1.165) is 6.07 Å². The molecule has 0 saturated carbocycles. The van der Waals surface area contributed by atoms with E-state index in [1.807, 2.05) is 0 Å². The molecule has 0 saturated heterocycles. The summed E-state index contributed by atoms with van der Waals surface area (Å²) in [5.74, 6) is -1.04. The summed E-state index contributed by atoms with van der Waals surface area (Å²) in [6.45, 7) is 0. The Hall–Kier alpha value is -3.45. The maximum absolute atomic E-state index is 14.2. The molecule has 1 heterocycles. The van der Waals surface area contributed by atoms with Gasteiger partial charge in [-0.25, -0.2) is 9.18 Å². The second-order valence-electron chi connectivity index (χ2n) is 5.84. The van der Waals surface area contributed by atoms with Crippen LogP contribution in [-0.4, -0.2) is 24.0 Å². The summed E-state index contributed by atoms with van der Waals surface area (Å²) in [7, 11) is 1.24. The van der Waals surface area contributed by atoms with E-state index in [-0.39, 0.29) is 11.3 Å². The molecule has 0 radical (unpaired) electrons. The van der Waals surface area contributed by atoms with Crippen molar-refractivity contribution in [2.45, 2.75) is 0 Å². The minimum Gasteiger partial charge on any atom is -0.453 e. The number of aromatic nitrogens is 1. The number of hydrogen-bond donors (Lipinski definition) is 2. The van der Waals surface area contributed by atoms with Crippen LogP contribution < -0.4 is 11.1 Å². The number of rotatable bonds is 4. The van der Waals surface area contributed by atoms with Crippen LogP contribution in [0.1, 0.15) is 16.1 Å². The van der Waals surface area contributed by atoms with Crippen molar-refractivity contribution in [3.63, 3.8) is 0 Å². The molecule has 6 nitrogen and oxygen atoms in total. The Morgan fingerprint density at radius 3 is 2.57 bits per heavy atom. The average Bonchev–Trinajstić information content (AvgIpc) is 2.67. The number of anilines is 2. The highest BCUT2D eigenvalue weighted by Crippen LogP contribution is 2.30. The SMILES string of the molecule is COC(=O)Nc1ccc(-c2cc(F)cc(C(=O)c3ccc(Cl)cn3)c2)c(N)c1. The van der Waals surface area contributed by atoms with Crippen molar-refractivity contribution in [3.05, 3.63) is 76.8 Å². The topological polar surface area (TPSA) is 94.3 Å². The molecule has 0 aliphatic heterocycles.